The van der Waals surface area contributed by atoms with Crippen molar-refractivity contribution in [3.8, 4) is 23.0 Å². The molecule has 2 heterocycles. The van der Waals surface area contributed by atoms with Crippen LogP contribution in [0.3, 0.4) is 0 Å². The molecule has 29 heavy (non-hydrogen) atoms. The van der Waals surface area contributed by atoms with E-state index >= 15 is 0 Å². The smallest absolute Gasteiger partial charge is 0.230 e. The number of benzene rings is 2. The van der Waals surface area contributed by atoms with Gasteiger partial charge in [0.1, 0.15) is 11.3 Å². The molecule has 0 aliphatic rings. The van der Waals surface area contributed by atoms with E-state index < -0.39 is 0 Å². The number of hydrogen-bond donors (Lipinski definition) is 0. The lowest BCUT2D eigenvalue weighted by molar-refractivity contribution is 0.281. The molecule has 0 fully saturated rings. The summed E-state index contributed by atoms with van der Waals surface area (Å²) in [6.07, 6.45) is 0. The van der Waals surface area contributed by atoms with Gasteiger partial charge in [0, 0.05) is 6.54 Å². The summed E-state index contributed by atoms with van der Waals surface area (Å²) in [5.41, 5.74) is 3.26. The number of para-hydroxylation sites is 3. The van der Waals surface area contributed by atoms with Crippen molar-refractivity contribution in [2.24, 2.45) is 0 Å². The molecule has 2 aromatic carbocycles. The third kappa shape index (κ3) is 3.82. The van der Waals surface area contributed by atoms with E-state index in [4.69, 9.17) is 23.3 Å². The second-order valence-corrected chi connectivity index (χ2v) is 6.81. The van der Waals surface area contributed by atoms with Gasteiger partial charge in [-0.3, -0.25) is 4.90 Å². The first-order valence-electron chi connectivity index (χ1n) is 9.29. The predicted molar refractivity (Wildman–Crippen MR) is 109 cm³/mol. The van der Waals surface area contributed by atoms with Crippen LogP contribution in [0.1, 0.15) is 17.3 Å². The molecule has 0 N–H and O–H groups in total. The highest BCUT2D eigenvalue weighted by Crippen LogP contribution is 2.38. The van der Waals surface area contributed by atoms with Gasteiger partial charge < -0.3 is 18.3 Å². The molecule has 0 atom stereocenters. The fraction of sp³-hybridized carbons (Fsp3) is 0.273. The van der Waals surface area contributed by atoms with Crippen molar-refractivity contribution in [3.05, 3.63) is 59.8 Å². The highest BCUT2D eigenvalue weighted by atomic mass is 16.5. The molecule has 7 heteroatoms. The molecule has 0 amide bonds. The van der Waals surface area contributed by atoms with E-state index in [1.165, 1.54) is 0 Å². The highest BCUT2D eigenvalue weighted by molar-refractivity contribution is 5.72. The maximum Gasteiger partial charge on any atom is 0.230 e. The average molecular weight is 393 g/mol. The summed E-state index contributed by atoms with van der Waals surface area (Å²) in [6.45, 7) is 3.07. The Morgan fingerprint density at radius 2 is 1.76 bits per heavy atom. The van der Waals surface area contributed by atoms with Crippen LogP contribution in [-0.4, -0.2) is 36.1 Å². The van der Waals surface area contributed by atoms with E-state index in [1.807, 2.05) is 56.4 Å². The van der Waals surface area contributed by atoms with E-state index in [-0.39, 0.29) is 0 Å². The Hall–Kier alpha value is -3.32. The van der Waals surface area contributed by atoms with E-state index in [0.717, 1.165) is 28.1 Å². The van der Waals surface area contributed by atoms with Gasteiger partial charge >= 0.3 is 0 Å². The Kier molecular flexibility index (Phi) is 5.22. The molecule has 4 aromatic rings. The van der Waals surface area contributed by atoms with Gasteiger partial charge in [-0.2, -0.15) is 0 Å². The molecular weight excluding hydrogens is 370 g/mol. The Balaban J connectivity index is 1.54. The lowest BCUT2D eigenvalue weighted by atomic mass is 10.2. The van der Waals surface area contributed by atoms with Crippen molar-refractivity contribution in [2.75, 3.05) is 21.3 Å². The highest BCUT2D eigenvalue weighted by Gasteiger charge is 2.19. The van der Waals surface area contributed by atoms with Crippen LogP contribution in [0.25, 0.3) is 22.6 Å². The van der Waals surface area contributed by atoms with Crippen molar-refractivity contribution in [1.29, 1.82) is 0 Å². The molecule has 0 spiro atoms. The summed E-state index contributed by atoms with van der Waals surface area (Å²) in [5.74, 6) is 3.17. The lowest BCUT2D eigenvalue weighted by Crippen LogP contribution is -2.18. The minimum absolute atomic E-state index is 0.503. The third-order valence-corrected chi connectivity index (χ3v) is 4.69. The summed E-state index contributed by atoms with van der Waals surface area (Å²) in [4.78, 5) is 11.3. The Bertz CT molecular complexity index is 1100. The van der Waals surface area contributed by atoms with Gasteiger partial charge in [0.2, 0.25) is 11.8 Å². The first-order valence-corrected chi connectivity index (χ1v) is 9.29. The van der Waals surface area contributed by atoms with Crippen molar-refractivity contribution in [2.45, 2.75) is 20.0 Å². The molecule has 0 saturated carbocycles. The SMILES string of the molecule is COc1cccc(-c2nc(CN(C)Cc3nc4ccccc4o3)c(C)o2)c1OC. The zero-order valence-electron chi connectivity index (χ0n) is 16.9. The number of aromatic nitrogens is 2. The molecule has 150 valence electrons. The fourth-order valence-corrected chi connectivity index (χ4v) is 3.28. The summed E-state index contributed by atoms with van der Waals surface area (Å²) in [5, 5.41) is 0. The minimum Gasteiger partial charge on any atom is -0.493 e. The monoisotopic (exact) mass is 393 g/mol. The summed E-state index contributed by atoms with van der Waals surface area (Å²) in [7, 11) is 5.20. The van der Waals surface area contributed by atoms with Gasteiger partial charge in [-0.1, -0.05) is 18.2 Å². The fourth-order valence-electron chi connectivity index (χ4n) is 3.28. The number of methoxy groups -OCH3 is 2. The Morgan fingerprint density at radius 3 is 2.52 bits per heavy atom. The summed E-state index contributed by atoms with van der Waals surface area (Å²) in [6, 6.07) is 13.4. The zero-order chi connectivity index (χ0) is 20.4. The van der Waals surface area contributed by atoms with Gasteiger partial charge in [-0.05, 0) is 38.2 Å². The number of ether oxygens (including phenoxy) is 2. The number of oxazole rings is 2. The number of hydrogen-bond acceptors (Lipinski definition) is 7. The molecule has 0 saturated heterocycles. The molecular formula is C22H23N3O4. The summed E-state index contributed by atoms with van der Waals surface area (Å²) >= 11 is 0. The van der Waals surface area contributed by atoms with Gasteiger partial charge in [0.05, 0.1) is 32.0 Å². The van der Waals surface area contributed by atoms with E-state index in [0.29, 0.717) is 36.4 Å². The Morgan fingerprint density at radius 1 is 0.931 bits per heavy atom. The van der Waals surface area contributed by atoms with Gasteiger partial charge in [-0.25, -0.2) is 9.97 Å². The second-order valence-electron chi connectivity index (χ2n) is 6.81. The van der Waals surface area contributed by atoms with Crippen LogP contribution in [0, 0.1) is 6.92 Å². The van der Waals surface area contributed by atoms with E-state index in [1.54, 1.807) is 14.2 Å². The lowest BCUT2D eigenvalue weighted by Gasteiger charge is -2.12. The predicted octanol–water partition coefficient (Wildman–Crippen LogP) is 4.44. The second kappa shape index (κ2) is 7.97. The number of nitrogens with zero attached hydrogens (tertiary/aromatic N) is 3. The molecule has 0 bridgehead atoms. The topological polar surface area (TPSA) is 73.8 Å². The molecule has 0 aliphatic carbocycles. The quantitative estimate of drug-likeness (QED) is 0.459. The normalized spacial score (nSPS) is 11.3. The molecule has 2 aromatic heterocycles. The molecule has 4 rings (SSSR count). The summed E-state index contributed by atoms with van der Waals surface area (Å²) < 4.78 is 22.6. The molecule has 0 aliphatic heterocycles. The first kappa shape index (κ1) is 19.0. The zero-order valence-corrected chi connectivity index (χ0v) is 16.9. The molecule has 0 unspecified atom stereocenters. The Labute approximate surface area is 168 Å². The van der Waals surface area contributed by atoms with Gasteiger partial charge in [0.15, 0.2) is 17.1 Å². The standard InChI is InChI=1S/C22H23N3O4/c1-14-17(12-25(2)13-20-23-16-9-5-6-10-18(16)29-20)24-22(28-14)15-8-7-11-19(26-3)21(15)27-4/h5-11H,12-13H2,1-4H3. The van der Waals surface area contributed by atoms with Crippen LogP contribution in [0.2, 0.25) is 0 Å². The maximum absolute atomic E-state index is 5.93. The van der Waals surface area contributed by atoms with Crippen LogP contribution >= 0.6 is 0 Å². The molecule has 0 radical (unpaired) electrons. The number of aryl methyl sites for hydroxylation is 1. The van der Waals surface area contributed by atoms with Crippen molar-refractivity contribution >= 4 is 11.1 Å². The number of rotatable bonds is 7. The van der Waals surface area contributed by atoms with Crippen LogP contribution in [-0.2, 0) is 13.1 Å². The van der Waals surface area contributed by atoms with Crippen molar-refractivity contribution < 1.29 is 18.3 Å². The molecule has 7 nitrogen and oxygen atoms in total. The van der Waals surface area contributed by atoms with E-state index in [9.17, 15) is 0 Å². The third-order valence-electron chi connectivity index (χ3n) is 4.69. The minimum atomic E-state index is 0.503. The van der Waals surface area contributed by atoms with Crippen LogP contribution in [0.5, 0.6) is 11.5 Å². The largest absolute Gasteiger partial charge is 0.493 e. The van der Waals surface area contributed by atoms with Gasteiger partial charge in [-0.15, -0.1) is 0 Å². The maximum atomic E-state index is 5.93. The first-order chi connectivity index (χ1) is 14.1. The van der Waals surface area contributed by atoms with E-state index in [2.05, 4.69) is 9.88 Å². The number of fused-ring (bicyclic) bond motifs is 1. The van der Waals surface area contributed by atoms with Crippen LogP contribution in [0.4, 0.5) is 0 Å². The van der Waals surface area contributed by atoms with Crippen molar-refractivity contribution in [3.63, 3.8) is 0 Å². The van der Waals surface area contributed by atoms with Gasteiger partial charge in [0.25, 0.3) is 0 Å². The van der Waals surface area contributed by atoms with Crippen molar-refractivity contribution in [1.82, 2.24) is 14.9 Å². The van der Waals surface area contributed by atoms with Crippen LogP contribution < -0.4 is 9.47 Å². The average Bonchev–Trinajstić information content (AvgIpc) is 3.29. The van der Waals surface area contributed by atoms with Crippen LogP contribution in [0.15, 0.2) is 51.3 Å².